The van der Waals surface area contributed by atoms with Gasteiger partial charge >= 0.3 is 0 Å². The van der Waals surface area contributed by atoms with Gasteiger partial charge < -0.3 is 19.2 Å². The second-order valence-electron chi connectivity index (χ2n) is 6.00. The lowest BCUT2D eigenvalue weighted by Crippen LogP contribution is -2.41. The van der Waals surface area contributed by atoms with Gasteiger partial charge in [-0.2, -0.15) is 0 Å². The summed E-state index contributed by atoms with van der Waals surface area (Å²) in [4.78, 5) is 25.9. The van der Waals surface area contributed by atoms with Crippen molar-refractivity contribution in [3.63, 3.8) is 0 Å². The minimum absolute atomic E-state index is 0.0141. The summed E-state index contributed by atoms with van der Waals surface area (Å²) in [5.74, 6) is 0.457. The van der Waals surface area contributed by atoms with Gasteiger partial charge in [0.25, 0.3) is 5.91 Å². The highest BCUT2D eigenvalue weighted by atomic mass is 16.3. The number of nitrogens with zero attached hydrogens (tertiary/aromatic N) is 4. The molecule has 1 fully saturated rings. The zero-order valence-electron chi connectivity index (χ0n) is 13.4. The maximum absolute atomic E-state index is 12.2. The van der Waals surface area contributed by atoms with E-state index in [1.165, 1.54) is 12.5 Å². The summed E-state index contributed by atoms with van der Waals surface area (Å²) < 4.78 is 6.74. The highest BCUT2D eigenvalue weighted by Crippen LogP contribution is 2.18. The third-order valence-corrected chi connectivity index (χ3v) is 4.32. The largest absolute Gasteiger partial charge is 0.472 e. The van der Waals surface area contributed by atoms with Gasteiger partial charge in [-0.25, -0.2) is 0 Å². The molecule has 0 unspecified atom stereocenters. The molecule has 2 aromatic heterocycles. The fourth-order valence-corrected chi connectivity index (χ4v) is 2.82. The quantitative estimate of drug-likeness (QED) is 0.850. The monoisotopic (exact) mass is 331 g/mol. The zero-order chi connectivity index (χ0) is 16.8. The molecule has 24 heavy (non-hydrogen) atoms. The lowest BCUT2D eigenvalue weighted by molar-refractivity contribution is -0.121. The normalized spacial score (nSPS) is 15.4. The molecule has 128 valence electrons. The van der Waals surface area contributed by atoms with Crippen LogP contribution in [0.1, 0.15) is 29.6 Å². The van der Waals surface area contributed by atoms with Crippen molar-refractivity contribution in [3.8, 4) is 0 Å². The number of amides is 2. The van der Waals surface area contributed by atoms with Gasteiger partial charge in [-0.3, -0.25) is 9.59 Å². The molecular weight excluding hydrogens is 310 g/mol. The Kier molecular flexibility index (Phi) is 5.25. The van der Waals surface area contributed by atoms with Gasteiger partial charge in [0.15, 0.2) is 0 Å². The van der Waals surface area contributed by atoms with E-state index in [0.29, 0.717) is 44.1 Å². The molecule has 2 amide bonds. The summed E-state index contributed by atoms with van der Waals surface area (Å²) in [7, 11) is 0. The molecule has 0 bridgehead atoms. The predicted octanol–water partition coefficient (Wildman–Crippen LogP) is 0.930. The standard InChI is InChI=1S/C16H21N5O3/c22-15(3-5-20-11-18-19-12-20)17-9-13-1-6-21(7-2-13)16(23)14-4-8-24-10-14/h4,8,10-13H,1-3,5-7,9H2,(H,17,22). The second-order valence-corrected chi connectivity index (χ2v) is 6.00. The number of piperidine rings is 1. The summed E-state index contributed by atoms with van der Waals surface area (Å²) >= 11 is 0. The number of likely N-dealkylation sites (tertiary alicyclic amines) is 1. The SMILES string of the molecule is O=C(CCn1cnnc1)NCC1CCN(C(=O)c2ccoc2)CC1. The molecule has 0 spiro atoms. The predicted molar refractivity (Wildman–Crippen MR) is 85.0 cm³/mol. The molecule has 0 saturated carbocycles. The van der Waals surface area contributed by atoms with Crippen LogP contribution in [0.4, 0.5) is 0 Å². The number of aromatic nitrogens is 3. The van der Waals surface area contributed by atoms with Gasteiger partial charge in [-0.15, -0.1) is 10.2 Å². The Hall–Kier alpha value is -2.64. The van der Waals surface area contributed by atoms with E-state index in [2.05, 4.69) is 15.5 Å². The van der Waals surface area contributed by atoms with Crippen LogP contribution in [-0.4, -0.2) is 51.1 Å². The maximum atomic E-state index is 12.2. The molecule has 2 aromatic rings. The Labute approximate surface area is 139 Å². The molecular formula is C16H21N5O3. The Morgan fingerprint density at radius 2 is 2.00 bits per heavy atom. The summed E-state index contributed by atoms with van der Waals surface area (Å²) in [6.07, 6.45) is 8.39. The number of furan rings is 1. The van der Waals surface area contributed by atoms with Gasteiger partial charge in [0, 0.05) is 32.6 Å². The first kappa shape index (κ1) is 16.2. The molecule has 3 heterocycles. The van der Waals surface area contributed by atoms with E-state index in [4.69, 9.17) is 4.42 Å². The van der Waals surface area contributed by atoms with Crippen LogP contribution in [0.2, 0.25) is 0 Å². The zero-order valence-corrected chi connectivity index (χ0v) is 13.4. The molecule has 0 aromatic carbocycles. The molecule has 3 rings (SSSR count). The number of carbonyl (C=O) groups is 2. The summed E-state index contributed by atoms with van der Waals surface area (Å²) in [6, 6.07) is 1.68. The summed E-state index contributed by atoms with van der Waals surface area (Å²) in [5, 5.41) is 10.4. The molecule has 0 radical (unpaired) electrons. The van der Waals surface area contributed by atoms with Crippen LogP contribution in [0.3, 0.4) is 0 Å². The van der Waals surface area contributed by atoms with Crippen LogP contribution in [0.5, 0.6) is 0 Å². The van der Waals surface area contributed by atoms with E-state index >= 15 is 0 Å². The number of hydrogen-bond acceptors (Lipinski definition) is 5. The van der Waals surface area contributed by atoms with Crippen LogP contribution in [0, 0.1) is 5.92 Å². The molecule has 0 aliphatic carbocycles. The van der Waals surface area contributed by atoms with Crippen molar-refractivity contribution in [2.24, 2.45) is 5.92 Å². The smallest absolute Gasteiger partial charge is 0.257 e. The molecule has 1 N–H and O–H groups in total. The van der Waals surface area contributed by atoms with Crippen molar-refractivity contribution in [1.29, 1.82) is 0 Å². The fraction of sp³-hybridized carbons (Fsp3) is 0.500. The minimum atomic E-state index is 0.0141. The van der Waals surface area contributed by atoms with Crippen molar-refractivity contribution in [2.75, 3.05) is 19.6 Å². The average Bonchev–Trinajstić information content (AvgIpc) is 3.31. The topological polar surface area (TPSA) is 93.3 Å². The van der Waals surface area contributed by atoms with E-state index in [1.807, 2.05) is 4.90 Å². The van der Waals surface area contributed by atoms with Crippen LogP contribution >= 0.6 is 0 Å². The Morgan fingerprint density at radius 3 is 2.67 bits per heavy atom. The first-order valence-electron chi connectivity index (χ1n) is 8.13. The number of carbonyl (C=O) groups excluding carboxylic acids is 2. The van der Waals surface area contributed by atoms with E-state index in [-0.39, 0.29) is 11.8 Å². The summed E-state index contributed by atoms with van der Waals surface area (Å²) in [5.41, 5.74) is 0.593. The lowest BCUT2D eigenvalue weighted by Gasteiger charge is -2.31. The van der Waals surface area contributed by atoms with Crippen molar-refractivity contribution in [1.82, 2.24) is 25.0 Å². The van der Waals surface area contributed by atoms with E-state index < -0.39 is 0 Å². The lowest BCUT2D eigenvalue weighted by atomic mass is 9.96. The Balaban J connectivity index is 1.35. The van der Waals surface area contributed by atoms with E-state index in [9.17, 15) is 9.59 Å². The van der Waals surface area contributed by atoms with Gasteiger partial charge in [0.05, 0.1) is 11.8 Å². The van der Waals surface area contributed by atoms with Crippen LogP contribution in [0.25, 0.3) is 0 Å². The number of aryl methyl sites for hydroxylation is 1. The molecule has 1 aliphatic heterocycles. The third kappa shape index (κ3) is 4.21. The Morgan fingerprint density at radius 1 is 1.25 bits per heavy atom. The van der Waals surface area contributed by atoms with E-state index in [0.717, 1.165) is 12.8 Å². The van der Waals surface area contributed by atoms with Crippen molar-refractivity contribution in [3.05, 3.63) is 36.8 Å². The van der Waals surface area contributed by atoms with Crippen LogP contribution < -0.4 is 5.32 Å². The van der Waals surface area contributed by atoms with Gasteiger partial charge in [-0.1, -0.05) is 0 Å². The average molecular weight is 331 g/mol. The number of rotatable bonds is 6. The molecule has 8 nitrogen and oxygen atoms in total. The number of nitrogens with one attached hydrogen (secondary N) is 1. The molecule has 1 saturated heterocycles. The number of hydrogen-bond donors (Lipinski definition) is 1. The second kappa shape index (κ2) is 7.76. The molecule has 1 aliphatic rings. The van der Waals surface area contributed by atoms with Crippen LogP contribution in [0.15, 0.2) is 35.7 Å². The van der Waals surface area contributed by atoms with Crippen molar-refractivity contribution >= 4 is 11.8 Å². The fourth-order valence-electron chi connectivity index (χ4n) is 2.82. The third-order valence-electron chi connectivity index (χ3n) is 4.32. The molecule has 0 atom stereocenters. The van der Waals surface area contributed by atoms with Gasteiger partial charge in [-0.05, 0) is 24.8 Å². The van der Waals surface area contributed by atoms with Crippen LogP contribution in [-0.2, 0) is 11.3 Å². The minimum Gasteiger partial charge on any atom is -0.472 e. The van der Waals surface area contributed by atoms with Gasteiger partial charge in [0.2, 0.25) is 5.91 Å². The van der Waals surface area contributed by atoms with E-state index in [1.54, 1.807) is 23.3 Å². The Bertz CT molecular complexity index is 645. The summed E-state index contributed by atoms with van der Waals surface area (Å²) in [6.45, 7) is 2.67. The maximum Gasteiger partial charge on any atom is 0.257 e. The van der Waals surface area contributed by atoms with Crippen molar-refractivity contribution < 1.29 is 14.0 Å². The van der Waals surface area contributed by atoms with Gasteiger partial charge in [0.1, 0.15) is 18.9 Å². The first-order valence-corrected chi connectivity index (χ1v) is 8.13. The highest BCUT2D eigenvalue weighted by molar-refractivity contribution is 5.93. The van der Waals surface area contributed by atoms with Crippen molar-refractivity contribution in [2.45, 2.75) is 25.8 Å². The highest BCUT2D eigenvalue weighted by Gasteiger charge is 2.24. The molecule has 8 heteroatoms. The first-order chi connectivity index (χ1) is 11.7.